The zero-order valence-electron chi connectivity index (χ0n) is 18.7. The van der Waals surface area contributed by atoms with Crippen LogP contribution < -0.4 is 20.1 Å². The van der Waals surface area contributed by atoms with Crippen molar-refractivity contribution < 1.29 is 27.5 Å². The molecule has 1 unspecified atom stereocenters. The van der Waals surface area contributed by atoms with Crippen molar-refractivity contribution in [1.29, 1.82) is 0 Å². The smallest absolute Gasteiger partial charge is 0.292 e. The van der Waals surface area contributed by atoms with Crippen LogP contribution in [0.3, 0.4) is 0 Å². The third-order valence-corrected chi connectivity index (χ3v) is 5.63. The third kappa shape index (κ3) is 6.00. The Balaban J connectivity index is 1.29. The maximum Gasteiger partial charge on any atom is 0.292 e. The molecule has 8 nitrogen and oxygen atoms in total. The van der Waals surface area contributed by atoms with Crippen LogP contribution in [0, 0.1) is 0 Å². The maximum atomic E-state index is 12.4. The van der Waals surface area contributed by atoms with Crippen molar-refractivity contribution in [3.05, 3.63) is 60.1 Å². The standard InChI is InChI=1S/C24H26F2N4O4/c1-15(10-20(31)21-12-29-24(27)34-21)16-2-4-18(5-3-16)33-19-7-9-30(13-19)17-6-8-28-23(11-17)32-14-22(25)26/h2-6,8,11-12,15,19,22H,7,9-10,13-14H2,1H3,(H2,27,29)/t15-,19?/m1/s1. The normalized spacial score (nSPS) is 16.6. The highest BCUT2D eigenvalue weighted by Crippen LogP contribution is 2.28. The lowest BCUT2D eigenvalue weighted by Crippen LogP contribution is -2.24. The van der Waals surface area contributed by atoms with Crippen LogP contribution in [-0.2, 0) is 0 Å². The number of nitrogens with zero attached hydrogens (tertiary/aromatic N) is 3. The van der Waals surface area contributed by atoms with E-state index < -0.39 is 13.0 Å². The van der Waals surface area contributed by atoms with Crippen LogP contribution in [0.2, 0.25) is 0 Å². The number of oxazole rings is 1. The quantitative estimate of drug-likeness (QED) is 0.435. The molecule has 2 atom stereocenters. The van der Waals surface area contributed by atoms with Gasteiger partial charge in [-0.25, -0.2) is 18.7 Å². The Morgan fingerprint density at radius 1 is 1.26 bits per heavy atom. The highest BCUT2D eigenvalue weighted by molar-refractivity contribution is 5.93. The molecule has 0 saturated carbocycles. The zero-order valence-corrected chi connectivity index (χ0v) is 18.7. The molecule has 1 aliphatic rings. The molecule has 0 spiro atoms. The predicted octanol–water partition coefficient (Wildman–Crippen LogP) is 4.33. The summed E-state index contributed by atoms with van der Waals surface area (Å²) >= 11 is 0. The highest BCUT2D eigenvalue weighted by atomic mass is 19.3. The number of aromatic nitrogens is 2. The Bertz CT molecular complexity index is 1110. The van der Waals surface area contributed by atoms with Crippen molar-refractivity contribution in [1.82, 2.24) is 9.97 Å². The Kier molecular flexibility index (Phi) is 7.24. The molecule has 3 aromatic rings. The summed E-state index contributed by atoms with van der Waals surface area (Å²) < 4.78 is 41.0. The number of rotatable bonds is 10. The van der Waals surface area contributed by atoms with E-state index >= 15 is 0 Å². The number of nitrogens with two attached hydrogens (primary N) is 1. The van der Waals surface area contributed by atoms with Crippen LogP contribution in [0.5, 0.6) is 11.6 Å². The second-order valence-corrected chi connectivity index (χ2v) is 8.19. The molecule has 1 aromatic carbocycles. The fourth-order valence-corrected chi connectivity index (χ4v) is 3.86. The van der Waals surface area contributed by atoms with Crippen molar-refractivity contribution in [2.75, 3.05) is 30.3 Å². The minimum absolute atomic E-state index is 0.0111. The Labute approximate surface area is 195 Å². The Morgan fingerprint density at radius 3 is 2.76 bits per heavy atom. The minimum atomic E-state index is -2.54. The first-order valence-electron chi connectivity index (χ1n) is 11.0. The topological polar surface area (TPSA) is 104 Å². The zero-order chi connectivity index (χ0) is 24.1. The molecule has 180 valence electrons. The monoisotopic (exact) mass is 472 g/mol. The van der Waals surface area contributed by atoms with Gasteiger partial charge < -0.3 is 24.5 Å². The van der Waals surface area contributed by atoms with Gasteiger partial charge in [0.2, 0.25) is 5.88 Å². The number of carbonyl (C=O) groups is 1. The molecule has 1 saturated heterocycles. The summed E-state index contributed by atoms with van der Waals surface area (Å²) in [6.07, 6.45) is 1.43. The van der Waals surface area contributed by atoms with E-state index in [4.69, 9.17) is 19.6 Å². The molecule has 1 aliphatic heterocycles. The number of pyridine rings is 1. The summed E-state index contributed by atoms with van der Waals surface area (Å²) in [5.74, 6) is 0.923. The van der Waals surface area contributed by atoms with E-state index in [1.165, 1.54) is 6.20 Å². The van der Waals surface area contributed by atoms with Gasteiger partial charge in [-0.1, -0.05) is 19.1 Å². The summed E-state index contributed by atoms with van der Waals surface area (Å²) in [5, 5.41) is 0. The Morgan fingerprint density at radius 2 is 2.06 bits per heavy atom. The number of Topliss-reactive ketones (excluding diaryl/α,β-unsaturated/α-hetero) is 1. The van der Waals surface area contributed by atoms with Gasteiger partial charge in [-0.05, 0) is 29.7 Å². The number of alkyl halides is 2. The molecular formula is C24H26F2N4O4. The van der Waals surface area contributed by atoms with Crippen LogP contribution in [0.15, 0.2) is 53.2 Å². The molecule has 0 radical (unpaired) electrons. The van der Waals surface area contributed by atoms with E-state index in [1.807, 2.05) is 37.3 Å². The first-order valence-corrected chi connectivity index (χ1v) is 11.0. The SMILES string of the molecule is C[C@H](CC(=O)c1cnc(N)o1)c1ccc(OC2CCN(c3ccnc(OCC(F)F)c3)C2)cc1. The van der Waals surface area contributed by atoms with Crippen molar-refractivity contribution >= 4 is 17.5 Å². The van der Waals surface area contributed by atoms with E-state index in [2.05, 4.69) is 14.9 Å². The van der Waals surface area contributed by atoms with Gasteiger partial charge >= 0.3 is 0 Å². The summed E-state index contributed by atoms with van der Waals surface area (Å²) in [5.41, 5.74) is 7.30. The van der Waals surface area contributed by atoms with Crippen molar-refractivity contribution in [3.63, 3.8) is 0 Å². The van der Waals surface area contributed by atoms with Crippen molar-refractivity contribution in [3.8, 4) is 11.6 Å². The summed E-state index contributed by atoms with van der Waals surface area (Å²) in [4.78, 5) is 22.2. The molecule has 2 aromatic heterocycles. The van der Waals surface area contributed by atoms with Gasteiger partial charge in [0.05, 0.1) is 12.7 Å². The van der Waals surface area contributed by atoms with Gasteiger partial charge in [0.1, 0.15) is 11.9 Å². The number of hydrogen-bond acceptors (Lipinski definition) is 8. The molecule has 1 fully saturated rings. The first-order chi connectivity index (χ1) is 16.4. The number of anilines is 2. The second-order valence-electron chi connectivity index (χ2n) is 8.19. The van der Waals surface area contributed by atoms with Gasteiger partial charge in [0.25, 0.3) is 12.4 Å². The molecule has 2 N–H and O–H groups in total. The number of halogens is 2. The van der Waals surface area contributed by atoms with E-state index in [0.717, 1.165) is 30.0 Å². The minimum Gasteiger partial charge on any atom is -0.489 e. The van der Waals surface area contributed by atoms with Crippen LogP contribution in [0.4, 0.5) is 20.5 Å². The van der Waals surface area contributed by atoms with Gasteiger partial charge in [0.15, 0.2) is 18.2 Å². The molecule has 3 heterocycles. The number of carbonyl (C=O) groups excluding carboxylic acids is 1. The largest absolute Gasteiger partial charge is 0.489 e. The van der Waals surface area contributed by atoms with Crippen LogP contribution in [0.1, 0.15) is 41.8 Å². The fourth-order valence-electron chi connectivity index (χ4n) is 3.86. The van der Waals surface area contributed by atoms with Crippen molar-refractivity contribution in [2.24, 2.45) is 0 Å². The first kappa shape index (κ1) is 23.5. The van der Waals surface area contributed by atoms with Crippen LogP contribution in [0.25, 0.3) is 0 Å². The Hall–Kier alpha value is -3.69. The van der Waals surface area contributed by atoms with E-state index in [0.29, 0.717) is 6.54 Å². The van der Waals surface area contributed by atoms with Gasteiger partial charge in [0, 0.05) is 37.3 Å². The molecule has 0 bridgehead atoms. The number of hydrogen-bond donors (Lipinski definition) is 1. The predicted molar refractivity (Wildman–Crippen MR) is 122 cm³/mol. The lowest BCUT2D eigenvalue weighted by Gasteiger charge is -2.20. The van der Waals surface area contributed by atoms with Crippen LogP contribution >= 0.6 is 0 Å². The molecule has 0 aliphatic carbocycles. The van der Waals surface area contributed by atoms with E-state index in [9.17, 15) is 13.6 Å². The number of ether oxygens (including phenoxy) is 2. The summed E-state index contributed by atoms with van der Waals surface area (Å²) in [6, 6.07) is 11.2. The molecule has 4 rings (SSSR count). The number of nitrogen functional groups attached to an aromatic ring is 1. The van der Waals surface area contributed by atoms with Gasteiger partial charge in [-0.2, -0.15) is 0 Å². The third-order valence-electron chi connectivity index (χ3n) is 5.63. The molecule has 34 heavy (non-hydrogen) atoms. The lowest BCUT2D eigenvalue weighted by atomic mass is 9.95. The lowest BCUT2D eigenvalue weighted by molar-refractivity contribution is 0.0796. The molecule has 10 heteroatoms. The summed E-state index contributed by atoms with van der Waals surface area (Å²) in [6.45, 7) is 2.72. The maximum absolute atomic E-state index is 12.4. The molecule has 0 amide bonds. The molecular weight excluding hydrogens is 446 g/mol. The van der Waals surface area contributed by atoms with Crippen molar-refractivity contribution in [2.45, 2.75) is 38.2 Å². The van der Waals surface area contributed by atoms with E-state index in [1.54, 1.807) is 12.3 Å². The van der Waals surface area contributed by atoms with Gasteiger partial charge in [-0.15, -0.1) is 0 Å². The second kappa shape index (κ2) is 10.5. The number of benzene rings is 1. The average molecular weight is 472 g/mol. The highest BCUT2D eigenvalue weighted by Gasteiger charge is 2.25. The fraction of sp³-hybridized carbons (Fsp3) is 0.375. The van der Waals surface area contributed by atoms with Gasteiger partial charge in [-0.3, -0.25) is 4.79 Å². The van der Waals surface area contributed by atoms with E-state index in [-0.39, 0.29) is 41.9 Å². The average Bonchev–Trinajstić information content (AvgIpc) is 3.47. The number of ketones is 1. The summed E-state index contributed by atoms with van der Waals surface area (Å²) in [7, 11) is 0. The van der Waals surface area contributed by atoms with Crippen LogP contribution in [-0.4, -0.2) is 48.0 Å².